The molecule has 122 valence electrons. The minimum absolute atomic E-state index is 0. The largest absolute Gasteiger partial charge is 1.00 e. The van der Waals surface area contributed by atoms with E-state index >= 15 is 0 Å². The SMILES string of the molecule is CC(=O)SC(Cc1cccc2ccccc12)C(=O)O.CC([O-])=S.[K+]. The number of hydrogen-bond acceptors (Lipinski definition) is 5. The molecule has 0 bridgehead atoms. The second kappa shape index (κ2) is 12.1. The van der Waals surface area contributed by atoms with Crippen molar-refractivity contribution >= 4 is 50.9 Å². The van der Waals surface area contributed by atoms with Gasteiger partial charge in [-0.3, -0.25) is 9.59 Å². The first-order chi connectivity index (χ1) is 10.8. The Labute approximate surface area is 193 Å². The van der Waals surface area contributed by atoms with Crippen LogP contribution in [0.1, 0.15) is 19.4 Å². The summed E-state index contributed by atoms with van der Waals surface area (Å²) in [7, 11) is 0. The molecular formula is C17H17KO4S2. The number of aliphatic carboxylic acids is 1. The smallest absolute Gasteiger partial charge is 0.868 e. The number of rotatable bonds is 4. The maximum absolute atomic E-state index is 11.2. The quantitative estimate of drug-likeness (QED) is 0.578. The summed E-state index contributed by atoms with van der Waals surface area (Å²) in [4.78, 5) is 22.3. The summed E-state index contributed by atoms with van der Waals surface area (Å²) in [6.45, 7) is 2.74. The molecule has 0 spiro atoms. The third-order valence-corrected chi connectivity index (χ3v) is 3.85. The zero-order valence-electron chi connectivity index (χ0n) is 13.8. The molecule has 0 heterocycles. The van der Waals surface area contributed by atoms with Crippen molar-refractivity contribution in [2.45, 2.75) is 25.5 Å². The molecule has 0 fully saturated rings. The van der Waals surface area contributed by atoms with E-state index in [1.807, 2.05) is 42.5 Å². The van der Waals surface area contributed by atoms with Crippen LogP contribution in [0, 0.1) is 0 Å². The van der Waals surface area contributed by atoms with Gasteiger partial charge in [-0.05, 0) is 29.7 Å². The number of carbonyl (C=O) groups is 2. The molecule has 2 aromatic rings. The van der Waals surface area contributed by atoms with Gasteiger partial charge in [0.15, 0.2) is 5.12 Å². The van der Waals surface area contributed by atoms with E-state index < -0.39 is 11.2 Å². The minimum atomic E-state index is -0.951. The van der Waals surface area contributed by atoms with Crippen LogP contribution in [-0.4, -0.2) is 26.5 Å². The van der Waals surface area contributed by atoms with Gasteiger partial charge < -0.3 is 10.2 Å². The number of fused-ring (bicyclic) bond motifs is 1. The van der Waals surface area contributed by atoms with Crippen LogP contribution in [0.2, 0.25) is 0 Å². The van der Waals surface area contributed by atoms with Crippen molar-refractivity contribution in [3.05, 3.63) is 48.0 Å². The number of carboxylic acids is 1. The van der Waals surface area contributed by atoms with Crippen LogP contribution < -0.4 is 56.5 Å². The third kappa shape index (κ3) is 8.71. The Morgan fingerprint density at radius 3 is 2.25 bits per heavy atom. The maximum Gasteiger partial charge on any atom is 1.00 e. The zero-order valence-corrected chi connectivity index (χ0v) is 18.6. The number of carboxylic acid groups (broad SMARTS) is 1. The third-order valence-electron chi connectivity index (χ3n) is 2.87. The average Bonchev–Trinajstić information content (AvgIpc) is 2.45. The first-order valence-electron chi connectivity index (χ1n) is 6.85. The molecule has 0 aromatic heterocycles. The fourth-order valence-corrected chi connectivity index (χ4v) is 2.81. The summed E-state index contributed by atoms with van der Waals surface area (Å²) >= 11 is 4.85. The molecule has 2 aromatic carbocycles. The Balaban J connectivity index is 0.000000954. The van der Waals surface area contributed by atoms with Gasteiger partial charge in [0.25, 0.3) is 0 Å². The molecular weight excluding hydrogens is 371 g/mol. The van der Waals surface area contributed by atoms with Crippen LogP contribution in [-0.2, 0) is 16.0 Å². The molecule has 2 rings (SSSR count). The Morgan fingerprint density at radius 2 is 1.71 bits per heavy atom. The van der Waals surface area contributed by atoms with Crippen molar-refractivity contribution < 1.29 is 71.2 Å². The Bertz CT molecular complexity index is 709. The van der Waals surface area contributed by atoms with E-state index in [4.69, 9.17) is 0 Å². The fourth-order valence-electron chi connectivity index (χ4n) is 2.05. The van der Waals surface area contributed by atoms with E-state index in [2.05, 4.69) is 12.2 Å². The predicted octanol–water partition coefficient (Wildman–Crippen LogP) is -0.187. The van der Waals surface area contributed by atoms with Crippen molar-refractivity contribution in [1.82, 2.24) is 0 Å². The standard InChI is InChI=1S/C15H14O3S.C2H4OS.K/c1-10(16)19-14(15(17)18)9-12-7-4-6-11-5-2-3-8-13(11)12;1-2(3)4;/h2-8,14H,9H2,1H3,(H,17,18);1H3,(H,3,4);/q;;+1/p-1. The number of benzene rings is 2. The van der Waals surface area contributed by atoms with E-state index in [0.29, 0.717) is 6.42 Å². The molecule has 1 N–H and O–H groups in total. The summed E-state index contributed by atoms with van der Waals surface area (Å²) in [5, 5.41) is 19.4. The Hall–Kier alpha value is -0.284. The van der Waals surface area contributed by atoms with Crippen molar-refractivity contribution in [2.75, 3.05) is 0 Å². The van der Waals surface area contributed by atoms with Crippen LogP contribution in [0.3, 0.4) is 0 Å². The van der Waals surface area contributed by atoms with E-state index in [9.17, 15) is 19.8 Å². The molecule has 1 unspecified atom stereocenters. The Morgan fingerprint density at radius 1 is 1.17 bits per heavy atom. The number of carbonyl (C=O) groups excluding carboxylic acids is 1. The molecule has 0 aliphatic carbocycles. The molecule has 24 heavy (non-hydrogen) atoms. The van der Waals surface area contributed by atoms with Gasteiger partial charge in [-0.25, -0.2) is 0 Å². The van der Waals surface area contributed by atoms with Crippen LogP contribution in [0.5, 0.6) is 0 Å². The molecule has 7 heteroatoms. The summed E-state index contributed by atoms with van der Waals surface area (Å²) in [5.41, 5.74) is 0.958. The van der Waals surface area contributed by atoms with Gasteiger partial charge in [0.1, 0.15) is 5.25 Å². The van der Waals surface area contributed by atoms with E-state index in [1.54, 1.807) is 0 Å². The fraction of sp³-hybridized carbons (Fsp3) is 0.235. The molecule has 0 aliphatic rings. The van der Waals surface area contributed by atoms with Crippen LogP contribution in [0.4, 0.5) is 0 Å². The van der Waals surface area contributed by atoms with Gasteiger partial charge in [-0.1, -0.05) is 59.3 Å². The van der Waals surface area contributed by atoms with Crippen LogP contribution in [0.25, 0.3) is 10.8 Å². The topological polar surface area (TPSA) is 77.4 Å². The number of thiocarbonyl (C=S) groups is 1. The summed E-state index contributed by atoms with van der Waals surface area (Å²) in [6.07, 6.45) is 0.348. The van der Waals surface area contributed by atoms with Crippen molar-refractivity contribution in [3.8, 4) is 0 Å². The van der Waals surface area contributed by atoms with Crippen molar-refractivity contribution in [3.63, 3.8) is 0 Å². The molecule has 0 saturated heterocycles. The van der Waals surface area contributed by atoms with Crippen LogP contribution in [0.15, 0.2) is 42.5 Å². The second-order valence-electron chi connectivity index (χ2n) is 4.77. The second-order valence-corrected chi connectivity index (χ2v) is 6.72. The van der Waals surface area contributed by atoms with Gasteiger partial charge in [0.2, 0.25) is 0 Å². The Kier molecular flexibility index (Phi) is 12.0. The van der Waals surface area contributed by atoms with Gasteiger partial charge >= 0.3 is 57.4 Å². The van der Waals surface area contributed by atoms with E-state index in [1.165, 1.54) is 13.8 Å². The van der Waals surface area contributed by atoms with Gasteiger partial charge in [0, 0.05) is 6.92 Å². The van der Waals surface area contributed by atoms with Gasteiger partial charge in [-0.2, -0.15) is 0 Å². The predicted molar refractivity (Wildman–Crippen MR) is 95.6 cm³/mol. The summed E-state index contributed by atoms with van der Waals surface area (Å²) in [6, 6.07) is 13.7. The average molecular weight is 389 g/mol. The summed E-state index contributed by atoms with van der Waals surface area (Å²) < 4.78 is 0. The monoisotopic (exact) mass is 388 g/mol. The number of hydrogen-bond donors (Lipinski definition) is 1. The normalized spacial score (nSPS) is 10.8. The molecule has 0 radical (unpaired) electrons. The minimum Gasteiger partial charge on any atom is -0.868 e. The molecule has 1 atom stereocenters. The molecule has 0 amide bonds. The van der Waals surface area contributed by atoms with Crippen molar-refractivity contribution in [2.24, 2.45) is 0 Å². The van der Waals surface area contributed by atoms with Gasteiger partial charge in [0.05, 0.1) is 0 Å². The molecule has 4 nitrogen and oxygen atoms in total. The van der Waals surface area contributed by atoms with Crippen LogP contribution >= 0.6 is 24.0 Å². The first-order valence-corrected chi connectivity index (χ1v) is 8.14. The zero-order chi connectivity index (χ0) is 17.4. The maximum atomic E-state index is 11.2. The number of thioether (sulfide) groups is 1. The van der Waals surface area contributed by atoms with Crippen molar-refractivity contribution in [1.29, 1.82) is 0 Å². The van der Waals surface area contributed by atoms with Gasteiger partial charge in [-0.15, -0.1) is 12.2 Å². The molecule has 0 aliphatic heterocycles. The van der Waals surface area contributed by atoms with E-state index in [0.717, 1.165) is 28.1 Å². The summed E-state index contributed by atoms with van der Waals surface area (Å²) in [5.74, 6) is -0.951. The van der Waals surface area contributed by atoms with E-state index in [-0.39, 0.29) is 61.6 Å². The molecule has 0 saturated carbocycles. The first kappa shape index (κ1) is 23.7.